The summed E-state index contributed by atoms with van der Waals surface area (Å²) < 4.78 is 11.3. The van der Waals surface area contributed by atoms with E-state index in [-0.39, 0.29) is 11.3 Å². The van der Waals surface area contributed by atoms with Crippen LogP contribution in [0.1, 0.15) is 55.7 Å². The first kappa shape index (κ1) is 20.9. The third-order valence-corrected chi connectivity index (χ3v) is 7.38. The van der Waals surface area contributed by atoms with E-state index in [1.165, 1.54) is 24.0 Å². The van der Waals surface area contributed by atoms with Gasteiger partial charge in [0.1, 0.15) is 5.75 Å². The molecule has 158 valence electrons. The van der Waals surface area contributed by atoms with Crippen LogP contribution < -0.4 is 4.74 Å². The maximum absolute atomic E-state index is 9.38. The van der Waals surface area contributed by atoms with E-state index in [9.17, 15) is 5.26 Å². The molecule has 3 nitrogen and oxygen atoms in total. The van der Waals surface area contributed by atoms with Gasteiger partial charge in [0.25, 0.3) is 0 Å². The van der Waals surface area contributed by atoms with Crippen LogP contribution in [0.15, 0.2) is 48.5 Å². The summed E-state index contributed by atoms with van der Waals surface area (Å²) >= 11 is 0. The highest BCUT2D eigenvalue weighted by Crippen LogP contribution is 2.54. The lowest BCUT2D eigenvalue weighted by molar-refractivity contribution is 0.0728. The van der Waals surface area contributed by atoms with Crippen molar-refractivity contribution >= 4 is 0 Å². The summed E-state index contributed by atoms with van der Waals surface area (Å²) in [5, 5.41) is 9.38. The Bertz CT molecular complexity index is 874. The molecule has 2 aliphatic rings. The van der Waals surface area contributed by atoms with Crippen LogP contribution in [0.3, 0.4) is 0 Å². The van der Waals surface area contributed by atoms with E-state index in [2.05, 4.69) is 49.4 Å². The monoisotopic (exact) mass is 403 g/mol. The predicted octanol–water partition coefficient (Wildman–Crippen LogP) is 6.06. The zero-order valence-electron chi connectivity index (χ0n) is 18.3. The first-order chi connectivity index (χ1) is 14.6. The van der Waals surface area contributed by atoms with E-state index in [4.69, 9.17) is 9.47 Å². The van der Waals surface area contributed by atoms with E-state index in [0.29, 0.717) is 18.4 Å². The molecule has 0 aromatic heterocycles. The number of nitrogens with zero attached hydrogens (tertiary/aromatic N) is 1. The molecular weight excluding hydrogens is 370 g/mol. The predicted molar refractivity (Wildman–Crippen MR) is 119 cm³/mol. The van der Waals surface area contributed by atoms with Crippen molar-refractivity contribution in [3.05, 3.63) is 65.2 Å². The second-order valence-electron chi connectivity index (χ2n) is 9.32. The number of benzene rings is 2. The molecule has 0 radical (unpaired) electrons. The van der Waals surface area contributed by atoms with Crippen molar-refractivity contribution < 1.29 is 9.47 Å². The van der Waals surface area contributed by atoms with Gasteiger partial charge in [-0.3, -0.25) is 0 Å². The van der Waals surface area contributed by atoms with Crippen LogP contribution in [0.25, 0.3) is 0 Å². The van der Waals surface area contributed by atoms with Gasteiger partial charge in [0.15, 0.2) is 0 Å². The molecule has 0 bridgehead atoms. The first-order valence-corrected chi connectivity index (χ1v) is 11.3. The quantitative estimate of drug-likeness (QED) is 0.564. The standard InChI is InChI=1S/C27H33NO2/c1-20(18-30-19-22-7-9-25(29-2)10-8-22)15-24-16-23-5-3-4-6-26(23)27(24)13-11-21(17-28)12-14-27/h3-10,20-21,24H,11-16,18-19H2,1-2H3/t20-,21?,24?,27?/m1/s1. The number of nitriles is 1. The molecule has 0 aliphatic heterocycles. The number of ether oxygens (including phenoxy) is 2. The largest absolute Gasteiger partial charge is 0.497 e. The molecule has 1 saturated carbocycles. The molecule has 3 heteroatoms. The first-order valence-electron chi connectivity index (χ1n) is 11.3. The number of methoxy groups -OCH3 is 1. The van der Waals surface area contributed by atoms with Gasteiger partial charge in [-0.2, -0.15) is 5.26 Å². The molecule has 0 amide bonds. The van der Waals surface area contributed by atoms with Crippen LogP contribution in [0.2, 0.25) is 0 Å². The third kappa shape index (κ3) is 4.25. The molecule has 1 spiro atoms. The highest BCUT2D eigenvalue weighted by molar-refractivity contribution is 5.41. The summed E-state index contributed by atoms with van der Waals surface area (Å²) in [7, 11) is 1.69. The molecule has 4 rings (SSSR count). The zero-order chi connectivity index (χ0) is 21.0. The molecule has 1 unspecified atom stereocenters. The van der Waals surface area contributed by atoms with E-state index in [0.717, 1.165) is 38.0 Å². The fourth-order valence-corrected chi connectivity index (χ4v) is 5.77. The Morgan fingerprint density at radius 3 is 2.53 bits per heavy atom. The van der Waals surface area contributed by atoms with Gasteiger partial charge in [-0.15, -0.1) is 0 Å². The van der Waals surface area contributed by atoms with Gasteiger partial charge in [0.05, 0.1) is 19.8 Å². The summed E-state index contributed by atoms with van der Waals surface area (Å²) in [5.74, 6) is 2.31. The average Bonchev–Trinajstić information content (AvgIpc) is 3.07. The Balaban J connectivity index is 1.37. The Kier molecular flexibility index (Phi) is 6.44. The second-order valence-corrected chi connectivity index (χ2v) is 9.32. The molecule has 0 N–H and O–H groups in total. The van der Waals surface area contributed by atoms with E-state index in [1.54, 1.807) is 12.7 Å². The molecule has 2 aliphatic carbocycles. The fraction of sp³-hybridized carbons (Fsp3) is 0.519. The van der Waals surface area contributed by atoms with Gasteiger partial charge in [-0.25, -0.2) is 0 Å². The molecule has 1 fully saturated rings. The lowest BCUT2D eigenvalue weighted by atomic mass is 9.62. The average molecular weight is 404 g/mol. The Morgan fingerprint density at radius 2 is 1.83 bits per heavy atom. The van der Waals surface area contributed by atoms with Crippen molar-refractivity contribution in [3.8, 4) is 11.8 Å². The Hall–Kier alpha value is -2.31. The lowest BCUT2D eigenvalue weighted by Crippen LogP contribution is -2.37. The normalized spacial score (nSPS) is 26.2. The van der Waals surface area contributed by atoms with Crippen LogP contribution in [0.5, 0.6) is 5.75 Å². The van der Waals surface area contributed by atoms with Gasteiger partial charge in [0.2, 0.25) is 0 Å². The smallest absolute Gasteiger partial charge is 0.118 e. The highest BCUT2D eigenvalue weighted by atomic mass is 16.5. The lowest BCUT2D eigenvalue weighted by Gasteiger charge is -2.42. The van der Waals surface area contributed by atoms with Crippen molar-refractivity contribution in [1.29, 1.82) is 5.26 Å². The number of hydrogen-bond donors (Lipinski definition) is 0. The topological polar surface area (TPSA) is 42.2 Å². The van der Waals surface area contributed by atoms with Gasteiger partial charge in [0, 0.05) is 12.5 Å². The van der Waals surface area contributed by atoms with Crippen molar-refractivity contribution in [3.63, 3.8) is 0 Å². The SMILES string of the molecule is COc1ccc(COC[C@H](C)CC2Cc3ccccc3C23CCC(C#N)CC3)cc1. The maximum Gasteiger partial charge on any atom is 0.118 e. The number of rotatable bonds is 7. The zero-order valence-corrected chi connectivity index (χ0v) is 18.3. The maximum atomic E-state index is 9.38. The van der Waals surface area contributed by atoms with Crippen LogP contribution >= 0.6 is 0 Å². The summed E-state index contributed by atoms with van der Waals surface area (Å²) in [5.41, 5.74) is 4.55. The molecule has 0 saturated heterocycles. The minimum Gasteiger partial charge on any atom is -0.497 e. The minimum absolute atomic E-state index is 0.245. The summed E-state index contributed by atoms with van der Waals surface area (Å²) in [6.45, 7) is 3.76. The molecule has 2 aromatic carbocycles. The summed E-state index contributed by atoms with van der Waals surface area (Å²) in [4.78, 5) is 0. The second kappa shape index (κ2) is 9.23. The summed E-state index contributed by atoms with van der Waals surface area (Å²) in [6, 6.07) is 19.7. The van der Waals surface area contributed by atoms with E-state index < -0.39 is 0 Å². The number of hydrogen-bond acceptors (Lipinski definition) is 3. The third-order valence-electron chi connectivity index (χ3n) is 7.38. The molecule has 2 atom stereocenters. The Morgan fingerprint density at radius 1 is 1.10 bits per heavy atom. The number of fused-ring (bicyclic) bond motifs is 2. The molecule has 30 heavy (non-hydrogen) atoms. The van der Waals surface area contributed by atoms with Crippen LogP contribution in [0, 0.1) is 29.1 Å². The minimum atomic E-state index is 0.245. The summed E-state index contributed by atoms with van der Waals surface area (Å²) in [6.07, 6.45) is 6.77. The highest BCUT2D eigenvalue weighted by Gasteiger charge is 2.48. The van der Waals surface area contributed by atoms with E-state index >= 15 is 0 Å². The Labute approximate surface area is 181 Å². The molecule has 0 heterocycles. The fourth-order valence-electron chi connectivity index (χ4n) is 5.77. The van der Waals surface area contributed by atoms with Gasteiger partial charge in [-0.05, 0) is 84.6 Å². The van der Waals surface area contributed by atoms with Gasteiger partial charge >= 0.3 is 0 Å². The van der Waals surface area contributed by atoms with Crippen molar-refractivity contribution in [2.45, 2.75) is 57.5 Å². The van der Waals surface area contributed by atoms with Gasteiger partial charge in [-0.1, -0.05) is 43.3 Å². The van der Waals surface area contributed by atoms with Crippen molar-refractivity contribution in [2.24, 2.45) is 17.8 Å². The van der Waals surface area contributed by atoms with Crippen LogP contribution in [-0.4, -0.2) is 13.7 Å². The van der Waals surface area contributed by atoms with Crippen LogP contribution in [0.4, 0.5) is 0 Å². The van der Waals surface area contributed by atoms with Crippen molar-refractivity contribution in [2.75, 3.05) is 13.7 Å². The van der Waals surface area contributed by atoms with Gasteiger partial charge < -0.3 is 9.47 Å². The molecule has 2 aromatic rings. The van der Waals surface area contributed by atoms with E-state index in [1.807, 2.05) is 12.1 Å². The molecular formula is C27H33NO2. The van der Waals surface area contributed by atoms with Crippen molar-refractivity contribution in [1.82, 2.24) is 0 Å². The van der Waals surface area contributed by atoms with Crippen LogP contribution in [-0.2, 0) is 23.2 Å².